The van der Waals surface area contributed by atoms with E-state index in [1.807, 2.05) is 0 Å². The van der Waals surface area contributed by atoms with Crippen molar-refractivity contribution in [3.63, 3.8) is 0 Å². The molecule has 1 heterocycles. The third kappa shape index (κ3) is 4.15. The Balaban J connectivity index is 2.39. The number of aliphatic hydroxyl groups is 1. The second-order valence-electron chi connectivity index (χ2n) is 5.10. The molecule has 0 bridgehead atoms. The number of imide groups is 1. The van der Waals surface area contributed by atoms with E-state index in [1.54, 1.807) is 13.8 Å². The van der Waals surface area contributed by atoms with Gasteiger partial charge in [0, 0.05) is 13.0 Å². The molecule has 1 aliphatic rings. The molecule has 3 N–H and O–H groups in total. The summed E-state index contributed by atoms with van der Waals surface area (Å²) in [6, 6.07) is -0.549. The Kier molecular flexibility index (Phi) is 5.25. The van der Waals surface area contributed by atoms with Gasteiger partial charge >= 0.3 is 12.0 Å². The number of hydrogen-bond donors (Lipinski definition) is 3. The number of urea groups is 1. The molecule has 1 saturated heterocycles. The zero-order valence-electron chi connectivity index (χ0n) is 12.1. The Morgan fingerprint density at radius 3 is 2.52 bits per heavy atom. The summed E-state index contributed by atoms with van der Waals surface area (Å²) in [4.78, 5) is 46.8. The predicted octanol–water partition coefficient (Wildman–Crippen LogP) is -1.64. The summed E-state index contributed by atoms with van der Waals surface area (Å²) in [5.41, 5.74) is -0.978. The number of esters is 1. The van der Waals surface area contributed by atoms with Gasteiger partial charge in [-0.15, -0.1) is 0 Å². The maximum Gasteiger partial charge on any atom is 0.336 e. The lowest BCUT2D eigenvalue weighted by Gasteiger charge is -2.16. The van der Waals surface area contributed by atoms with Gasteiger partial charge in [0.1, 0.15) is 5.54 Å². The topological polar surface area (TPSA) is 125 Å². The number of ether oxygens (including phenoxy) is 1. The van der Waals surface area contributed by atoms with Gasteiger partial charge in [0.2, 0.25) is 5.91 Å². The number of methoxy groups -OCH3 is 1. The van der Waals surface area contributed by atoms with Crippen LogP contribution in [-0.4, -0.2) is 65.7 Å². The first-order chi connectivity index (χ1) is 9.69. The highest BCUT2D eigenvalue weighted by atomic mass is 16.5. The van der Waals surface area contributed by atoms with E-state index < -0.39 is 35.5 Å². The molecule has 1 aliphatic heterocycles. The van der Waals surface area contributed by atoms with Crippen molar-refractivity contribution in [2.24, 2.45) is 0 Å². The highest BCUT2D eigenvalue weighted by Crippen LogP contribution is 2.16. The van der Waals surface area contributed by atoms with Crippen molar-refractivity contribution in [2.75, 3.05) is 20.2 Å². The van der Waals surface area contributed by atoms with Gasteiger partial charge < -0.3 is 20.5 Å². The third-order valence-electron chi connectivity index (χ3n) is 2.97. The minimum absolute atomic E-state index is 0.0751. The molecule has 1 rings (SSSR count). The standard InChI is InChI=1S/C12H19N3O6/c1-12(2)10(19)15(11(20)14-12)5-4-8(17)13-6-7(16)9(18)21-3/h7,16H,4-6H2,1-3H3,(H,13,17)(H,14,20). The summed E-state index contributed by atoms with van der Waals surface area (Å²) in [7, 11) is 1.12. The molecule has 0 aromatic carbocycles. The number of amides is 4. The van der Waals surface area contributed by atoms with Crippen LogP contribution in [0.1, 0.15) is 20.3 Å². The Hall–Kier alpha value is -2.16. The number of carbonyl (C=O) groups excluding carboxylic acids is 4. The molecule has 0 aromatic heterocycles. The number of carbonyl (C=O) groups is 4. The molecule has 0 aliphatic carbocycles. The summed E-state index contributed by atoms with van der Waals surface area (Å²) < 4.78 is 4.29. The average Bonchev–Trinajstić information content (AvgIpc) is 2.61. The van der Waals surface area contributed by atoms with Gasteiger partial charge in [-0.25, -0.2) is 9.59 Å². The first-order valence-electron chi connectivity index (χ1n) is 6.35. The van der Waals surface area contributed by atoms with Crippen molar-refractivity contribution < 1.29 is 29.0 Å². The fourth-order valence-electron chi connectivity index (χ4n) is 1.75. The molecule has 118 valence electrons. The Morgan fingerprint density at radius 1 is 1.43 bits per heavy atom. The molecule has 1 fully saturated rings. The molecule has 9 nitrogen and oxygen atoms in total. The number of rotatable bonds is 6. The summed E-state index contributed by atoms with van der Waals surface area (Å²) in [6.45, 7) is 2.77. The lowest BCUT2D eigenvalue weighted by Crippen LogP contribution is -2.41. The van der Waals surface area contributed by atoms with E-state index in [2.05, 4.69) is 15.4 Å². The van der Waals surface area contributed by atoms with Crippen LogP contribution in [0.25, 0.3) is 0 Å². The second kappa shape index (κ2) is 6.53. The van der Waals surface area contributed by atoms with E-state index in [1.165, 1.54) is 0 Å². The highest BCUT2D eigenvalue weighted by Gasteiger charge is 2.43. The highest BCUT2D eigenvalue weighted by molar-refractivity contribution is 6.06. The number of nitrogens with one attached hydrogen (secondary N) is 2. The van der Waals surface area contributed by atoms with Crippen molar-refractivity contribution >= 4 is 23.8 Å². The van der Waals surface area contributed by atoms with Gasteiger partial charge in [-0.2, -0.15) is 0 Å². The smallest absolute Gasteiger partial charge is 0.336 e. The van der Waals surface area contributed by atoms with Crippen LogP contribution in [0.4, 0.5) is 4.79 Å². The van der Waals surface area contributed by atoms with Crippen molar-refractivity contribution in [1.82, 2.24) is 15.5 Å². The van der Waals surface area contributed by atoms with Gasteiger partial charge in [0.15, 0.2) is 6.10 Å². The van der Waals surface area contributed by atoms with Crippen LogP contribution in [0.3, 0.4) is 0 Å². The lowest BCUT2D eigenvalue weighted by atomic mass is 10.1. The Labute approximate surface area is 121 Å². The monoisotopic (exact) mass is 301 g/mol. The minimum Gasteiger partial charge on any atom is -0.467 e. The Bertz CT molecular complexity index is 462. The first kappa shape index (κ1) is 16.9. The van der Waals surface area contributed by atoms with Gasteiger partial charge in [-0.05, 0) is 13.8 Å². The summed E-state index contributed by atoms with van der Waals surface area (Å²) >= 11 is 0. The van der Waals surface area contributed by atoms with Gasteiger partial charge in [0.05, 0.1) is 13.7 Å². The van der Waals surface area contributed by atoms with E-state index in [0.29, 0.717) is 0 Å². The molecular formula is C12H19N3O6. The molecule has 0 radical (unpaired) electrons. The largest absolute Gasteiger partial charge is 0.467 e. The SMILES string of the molecule is COC(=O)C(O)CNC(=O)CCN1C(=O)NC(C)(C)C1=O. The summed E-state index contributed by atoms with van der Waals surface area (Å²) in [5.74, 6) is -1.76. The van der Waals surface area contributed by atoms with Gasteiger partial charge in [-0.3, -0.25) is 14.5 Å². The van der Waals surface area contributed by atoms with Crippen LogP contribution in [-0.2, 0) is 19.1 Å². The number of nitrogens with zero attached hydrogens (tertiary/aromatic N) is 1. The maximum absolute atomic E-state index is 11.9. The fourth-order valence-corrected chi connectivity index (χ4v) is 1.75. The minimum atomic E-state index is -1.45. The summed E-state index contributed by atoms with van der Waals surface area (Å²) in [6.07, 6.45) is -1.57. The van der Waals surface area contributed by atoms with Crippen molar-refractivity contribution in [3.8, 4) is 0 Å². The fraction of sp³-hybridized carbons (Fsp3) is 0.667. The predicted molar refractivity (Wildman–Crippen MR) is 70.0 cm³/mol. The van der Waals surface area contributed by atoms with E-state index in [0.717, 1.165) is 12.0 Å². The van der Waals surface area contributed by atoms with Gasteiger partial charge in [-0.1, -0.05) is 0 Å². The quantitative estimate of drug-likeness (QED) is 0.399. The second-order valence-corrected chi connectivity index (χ2v) is 5.10. The van der Waals surface area contributed by atoms with Crippen molar-refractivity contribution in [2.45, 2.75) is 31.9 Å². The van der Waals surface area contributed by atoms with Crippen molar-refractivity contribution in [3.05, 3.63) is 0 Å². The molecule has 0 aromatic rings. The zero-order valence-corrected chi connectivity index (χ0v) is 12.1. The maximum atomic E-state index is 11.9. The van der Waals surface area contributed by atoms with Crippen LogP contribution in [0.15, 0.2) is 0 Å². The molecule has 1 unspecified atom stereocenters. The molecular weight excluding hydrogens is 282 g/mol. The summed E-state index contributed by atoms with van der Waals surface area (Å²) in [5, 5.41) is 14.1. The molecule has 9 heteroatoms. The van der Waals surface area contributed by atoms with Crippen LogP contribution in [0.2, 0.25) is 0 Å². The third-order valence-corrected chi connectivity index (χ3v) is 2.97. The zero-order chi connectivity index (χ0) is 16.2. The van der Waals surface area contributed by atoms with Crippen molar-refractivity contribution in [1.29, 1.82) is 0 Å². The van der Waals surface area contributed by atoms with Crippen LogP contribution in [0, 0.1) is 0 Å². The van der Waals surface area contributed by atoms with E-state index in [4.69, 9.17) is 0 Å². The first-order valence-corrected chi connectivity index (χ1v) is 6.35. The molecule has 1 atom stereocenters. The number of aliphatic hydroxyl groups excluding tert-OH is 1. The molecule has 0 saturated carbocycles. The van der Waals surface area contributed by atoms with E-state index >= 15 is 0 Å². The van der Waals surface area contributed by atoms with E-state index in [9.17, 15) is 24.3 Å². The average molecular weight is 301 g/mol. The molecule has 21 heavy (non-hydrogen) atoms. The van der Waals surface area contributed by atoms with Crippen LogP contribution < -0.4 is 10.6 Å². The lowest BCUT2D eigenvalue weighted by molar-refractivity contribution is -0.150. The molecule has 0 spiro atoms. The molecule has 4 amide bonds. The normalized spacial score (nSPS) is 18.2. The number of hydrogen-bond acceptors (Lipinski definition) is 6. The van der Waals surface area contributed by atoms with Crippen LogP contribution in [0.5, 0.6) is 0 Å². The van der Waals surface area contributed by atoms with Crippen LogP contribution >= 0.6 is 0 Å². The van der Waals surface area contributed by atoms with Gasteiger partial charge in [0.25, 0.3) is 5.91 Å². The Morgan fingerprint density at radius 2 is 2.05 bits per heavy atom. The van der Waals surface area contributed by atoms with E-state index in [-0.39, 0.29) is 19.5 Å².